The minimum atomic E-state index is 0.396. The average Bonchev–Trinajstić information content (AvgIpc) is 2.64. The van der Waals surface area contributed by atoms with Crippen LogP contribution in [0.1, 0.15) is 29.7 Å². The van der Waals surface area contributed by atoms with Gasteiger partial charge < -0.3 is 10.3 Å². The van der Waals surface area contributed by atoms with Gasteiger partial charge in [0.25, 0.3) is 0 Å². The fourth-order valence-electron chi connectivity index (χ4n) is 1.78. The zero-order valence-electron chi connectivity index (χ0n) is 9.60. The number of aryl methyl sites for hydroxylation is 1. The van der Waals surface area contributed by atoms with Crippen LogP contribution >= 0.6 is 0 Å². The number of anilines is 1. The number of aromatic nitrogens is 1. The Morgan fingerprint density at radius 3 is 2.88 bits per heavy atom. The van der Waals surface area contributed by atoms with E-state index < -0.39 is 0 Å². The molecule has 2 N–H and O–H groups in total. The van der Waals surface area contributed by atoms with Crippen LogP contribution in [-0.2, 0) is 6.42 Å². The Morgan fingerprint density at radius 2 is 2.25 bits per heavy atom. The molecule has 0 aliphatic rings. The van der Waals surface area contributed by atoms with Crippen LogP contribution in [0.4, 0.5) is 5.69 Å². The van der Waals surface area contributed by atoms with Gasteiger partial charge in [0.15, 0.2) is 0 Å². The number of nitrogen functional groups attached to an aromatic ring is 1. The molecule has 2 aromatic rings. The second-order valence-corrected chi connectivity index (χ2v) is 4.22. The van der Waals surface area contributed by atoms with E-state index in [0.717, 1.165) is 23.4 Å². The number of rotatable bonds is 3. The van der Waals surface area contributed by atoms with Crippen LogP contribution in [0.15, 0.2) is 35.1 Å². The summed E-state index contributed by atoms with van der Waals surface area (Å²) in [6.07, 6.45) is 2.56. The van der Waals surface area contributed by atoms with Gasteiger partial charge in [-0.3, -0.25) is 0 Å². The molecule has 2 rings (SSSR count). The lowest BCUT2D eigenvalue weighted by Gasteiger charge is -2.10. The Morgan fingerprint density at radius 1 is 1.44 bits per heavy atom. The van der Waals surface area contributed by atoms with E-state index in [0.29, 0.717) is 5.92 Å². The summed E-state index contributed by atoms with van der Waals surface area (Å²) in [4.78, 5) is 0. The molecule has 3 nitrogen and oxygen atoms in total. The van der Waals surface area contributed by atoms with Gasteiger partial charge in [0.05, 0.1) is 5.69 Å². The molecule has 16 heavy (non-hydrogen) atoms. The highest BCUT2D eigenvalue weighted by molar-refractivity contribution is 5.42. The zero-order chi connectivity index (χ0) is 11.5. The fraction of sp³-hybridized carbons (Fsp3) is 0.308. The van der Waals surface area contributed by atoms with Crippen molar-refractivity contribution in [2.45, 2.75) is 26.2 Å². The Hall–Kier alpha value is -1.77. The number of benzene rings is 1. The molecule has 0 saturated heterocycles. The Bertz CT molecular complexity index is 476. The lowest BCUT2D eigenvalue weighted by molar-refractivity contribution is 0.409. The fourth-order valence-corrected chi connectivity index (χ4v) is 1.78. The van der Waals surface area contributed by atoms with Crippen molar-refractivity contribution in [3.63, 3.8) is 0 Å². The van der Waals surface area contributed by atoms with Crippen LogP contribution in [-0.4, -0.2) is 5.16 Å². The molecule has 0 spiro atoms. The molecular formula is C13H16N2O. The maximum Gasteiger partial charge on any atom is 0.126 e. The van der Waals surface area contributed by atoms with E-state index in [1.54, 1.807) is 6.26 Å². The van der Waals surface area contributed by atoms with Crippen molar-refractivity contribution in [1.82, 2.24) is 5.16 Å². The molecule has 3 heteroatoms. The highest BCUT2D eigenvalue weighted by atomic mass is 16.5. The SMILES string of the molecule is Cc1conc1C[C@@H](C)c1cccc(N)c1. The van der Waals surface area contributed by atoms with Gasteiger partial charge in [-0.15, -0.1) is 0 Å². The Labute approximate surface area is 95.3 Å². The average molecular weight is 216 g/mol. The molecule has 0 radical (unpaired) electrons. The van der Waals surface area contributed by atoms with Crippen molar-refractivity contribution in [3.05, 3.63) is 47.3 Å². The second kappa shape index (κ2) is 4.39. The van der Waals surface area contributed by atoms with Crippen molar-refractivity contribution in [2.24, 2.45) is 0 Å². The van der Waals surface area contributed by atoms with Gasteiger partial charge >= 0.3 is 0 Å². The standard InChI is InChI=1S/C13H16N2O/c1-9(6-13-10(2)8-16-15-13)11-4-3-5-12(14)7-11/h3-5,7-9H,6,14H2,1-2H3/t9-/m1/s1. The maximum atomic E-state index is 5.77. The number of nitrogens with zero attached hydrogens (tertiary/aromatic N) is 1. The third-order valence-corrected chi connectivity index (χ3v) is 2.83. The van der Waals surface area contributed by atoms with E-state index in [1.807, 2.05) is 25.1 Å². The normalized spacial score (nSPS) is 12.6. The van der Waals surface area contributed by atoms with Gasteiger partial charge in [0.2, 0.25) is 0 Å². The summed E-state index contributed by atoms with van der Waals surface area (Å²) in [6, 6.07) is 7.99. The highest BCUT2D eigenvalue weighted by Crippen LogP contribution is 2.22. The number of hydrogen-bond acceptors (Lipinski definition) is 3. The van der Waals surface area contributed by atoms with Gasteiger partial charge in [0, 0.05) is 11.3 Å². The van der Waals surface area contributed by atoms with E-state index in [-0.39, 0.29) is 0 Å². The number of nitrogens with two attached hydrogens (primary N) is 1. The van der Waals surface area contributed by atoms with Crippen LogP contribution in [0.3, 0.4) is 0 Å². The van der Waals surface area contributed by atoms with E-state index in [1.165, 1.54) is 5.56 Å². The molecule has 0 aliphatic carbocycles. The molecule has 0 bridgehead atoms. The van der Waals surface area contributed by atoms with Crippen molar-refractivity contribution in [2.75, 3.05) is 5.73 Å². The van der Waals surface area contributed by atoms with E-state index in [2.05, 4.69) is 18.1 Å². The predicted molar refractivity (Wildman–Crippen MR) is 64.2 cm³/mol. The van der Waals surface area contributed by atoms with Gasteiger partial charge in [-0.05, 0) is 37.0 Å². The summed E-state index contributed by atoms with van der Waals surface area (Å²) >= 11 is 0. The van der Waals surface area contributed by atoms with Crippen molar-refractivity contribution in [3.8, 4) is 0 Å². The van der Waals surface area contributed by atoms with Crippen molar-refractivity contribution >= 4 is 5.69 Å². The topological polar surface area (TPSA) is 52.0 Å². The van der Waals surface area contributed by atoms with Crippen LogP contribution in [0.25, 0.3) is 0 Å². The molecular weight excluding hydrogens is 200 g/mol. The van der Waals surface area contributed by atoms with Gasteiger partial charge in [-0.1, -0.05) is 24.2 Å². The zero-order valence-corrected chi connectivity index (χ0v) is 9.60. The molecule has 84 valence electrons. The molecule has 1 heterocycles. The Balaban J connectivity index is 2.14. The quantitative estimate of drug-likeness (QED) is 0.802. The van der Waals surface area contributed by atoms with Gasteiger partial charge in [0.1, 0.15) is 6.26 Å². The van der Waals surface area contributed by atoms with Gasteiger partial charge in [-0.25, -0.2) is 0 Å². The first-order valence-electron chi connectivity index (χ1n) is 5.42. The van der Waals surface area contributed by atoms with Gasteiger partial charge in [-0.2, -0.15) is 0 Å². The molecule has 1 aromatic heterocycles. The lowest BCUT2D eigenvalue weighted by atomic mass is 9.95. The van der Waals surface area contributed by atoms with Crippen molar-refractivity contribution < 1.29 is 4.52 Å². The Kier molecular flexibility index (Phi) is 2.95. The van der Waals surface area contributed by atoms with E-state index >= 15 is 0 Å². The molecule has 0 amide bonds. The molecule has 0 aliphatic heterocycles. The largest absolute Gasteiger partial charge is 0.399 e. The summed E-state index contributed by atoms with van der Waals surface area (Å²) in [6.45, 7) is 4.18. The minimum Gasteiger partial charge on any atom is -0.399 e. The monoisotopic (exact) mass is 216 g/mol. The van der Waals surface area contributed by atoms with E-state index in [9.17, 15) is 0 Å². The van der Waals surface area contributed by atoms with Crippen LogP contribution in [0, 0.1) is 6.92 Å². The van der Waals surface area contributed by atoms with Crippen molar-refractivity contribution in [1.29, 1.82) is 0 Å². The lowest BCUT2D eigenvalue weighted by Crippen LogP contribution is -2.00. The molecule has 1 aromatic carbocycles. The third-order valence-electron chi connectivity index (χ3n) is 2.83. The molecule has 0 saturated carbocycles. The first kappa shape index (κ1) is 10.7. The summed E-state index contributed by atoms with van der Waals surface area (Å²) in [5.74, 6) is 0.396. The molecule has 1 atom stereocenters. The summed E-state index contributed by atoms with van der Waals surface area (Å²) in [5.41, 5.74) is 9.94. The first-order chi connectivity index (χ1) is 7.66. The highest BCUT2D eigenvalue weighted by Gasteiger charge is 2.11. The third kappa shape index (κ3) is 2.24. The first-order valence-corrected chi connectivity index (χ1v) is 5.42. The smallest absolute Gasteiger partial charge is 0.126 e. The molecule has 0 fully saturated rings. The summed E-state index contributed by atoms with van der Waals surface area (Å²) in [5, 5.41) is 4.00. The minimum absolute atomic E-state index is 0.396. The maximum absolute atomic E-state index is 5.77. The summed E-state index contributed by atoms with van der Waals surface area (Å²) < 4.78 is 4.93. The van der Waals surface area contributed by atoms with E-state index in [4.69, 9.17) is 10.3 Å². The van der Waals surface area contributed by atoms with Crippen LogP contribution in [0.2, 0.25) is 0 Å². The predicted octanol–water partition coefficient (Wildman–Crippen LogP) is 2.91. The second-order valence-electron chi connectivity index (χ2n) is 4.22. The van der Waals surface area contributed by atoms with Crippen LogP contribution in [0.5, 0.6) is 0 Å². The number of hydrogen-bond donors (Lipinski definition) is 1. The summed E-state index contributed by atoms with van der Waals surface area (Å²) in [7, 11) is 0. The van der Waals surface area contributed by atoms with Crippen LogP contribution < -0.4 is 5.73 Å². The molecule has 0 unspecified atom stereocenters.